The van der Waals surface area contributed by atoms with Crippen LogP contribution in [0.5, 0.6) is 0 Å². The van der Waals surface area contributed by atoms with Gasteiger partial charge in [-0.3, -0.25) is 14.6 Å². The summed E-state index contributed by atoms with van der Waals surface area (Å²) >= 11 is 0. The number of hydrogen-bond donors (Lipinski definition) is 1. The zero-order valence-electron chi connectivity index (χ0n) is 19.7. The predicted molar refractivity (Wildman–Crippen MR) is 131 cm³/mol. The molecule has 2 aromatic carbocycles. The lowest BCUT2D eigenvalue weighted by molar-refractivity contribution is -0.126. The Hall–Kier alpha value is -2.17. The smallest absolute Gasteiger partial charge is 0.224 e. The molecule has 4 rings (SSSR count). The first-order valence-electron chi connectivity index (χ1n) is 12.5. The van der Waals surface area contributed by atoms with Crippen molar-refractivity contribution in [3.8, 4) is 0 Å². The van der Waals surface area contributed by atoms with Crippen LogP contribution in [0.1, 0.15) is 60.8 Å². The summed E-state index contributed by atoms with van der Waals surface area (Å²) in [6, 6.07) is 17.5. The van der Waals surface area contributed by atoms with Crippen molar-refractivity contribution < 1.29 is 4.79 Å². The zero-order valence-corrected chi connectivity index (χ0v) is 19.7. The van der Waals surface area contributed by atoms with E-state index in [9.17, 15) is 4.79 Å². The van der Waals surface area contributed by atoms with E-state index in [1.54, 1.807) is 0 Å². The van der Waals surface area contributed by atoms with Crippen molar-refractivity contribution in [2.45, 2.75) is 65.1 Å². The van der Waals surface area contributed by atoms with Crippen LogP contribution in [0.25, 0.3) is 0 Å². The van der Waals surface area contributed by atoms with Crippen LogP contribution in [0.4, 0.5) is 0 Å². The van der Waals surface area contributed by atoms with Crippen LogP contribution in [0.2, 0.25) is 0 Å². The lowest BCUT2D eigenvalue weighted by Crippen LogP contribution is -2.42. The standard InChI is InChI=1S/C28H39N3O/c1-23-8-6-9-26(18-23)21-31-17-7-10-27(22-31)28(32)29-19-24-11-13-25(14-12-24)20-30-15-4-2-3-5-16-30/h6,8-9,11-14,18,27H,2-5,7,10,15-17,19-22H2,1H3,(H,29,32). The van der Waals surface area contributed by atoms with E-state index in [1.807, 2.05) is 0 Å². The average molecular weight is 434 g/mol. The molecule has 1 N–H and O–H groups in total. The minimum atomic E-state index is 0.0934. The molecule has 0 aromatic heterocycles. The normalized spacial score (nSPS) is 20.6. The Kier molecular flexibility index (Phi) is 8.36. The van der Waals surface area contributed by atoms with Gasteiger partial charge in [-0.25, -0.2) is 0 Å². The summed E-state index contributed by atoms with van der Waals surface area (Å²) in [6.45, 7) is 9.12. The summed E-state index contributed by atoms with van der Waals surface area (Å²) in [4.78, 5) is 17.9. The number of nitrogens with one attached hydrogen (secondary N) is 1. The van der Waals surface area contributed by atoms with E-state index >= 15 is 0 Å². The third-order valence-corrected chi connectivity index (χ3v) is 6.96. The lowest BCUT2D eigenvalue weighted by Gasteiger charge is -2.32. The van der Waals surface area contributed by atoms with E-state index in [0.717, 1.165) is 39.0 Å². The van der Waals surface area contributed by atoms with E-state index in [2.05, 4.69) is 70.6 Å². The van der Waals surface area contributed by atoms with Crippen molar-refractivity contribution in [1.29, 1.82) is 0 Å². The number of rotatable bonds is 7. The maximum Gasteiger partial charge on any atom is 0.224 e. The second-order valence-corrected chi connectivity index (χ2v) is 9.79. The van der Waals surface area contributed by atoms with Crippen molar-refractivity contribution >= 4 is 5.91 Å². The largest absolute Gasteiger partial charge is 0.352 e. The highest BCUT2D eigenvalue weighted by Gasteiger charge is 2.25. The second-order valence-electron chi connectivity index (χ2n) is 9.79. The van der Waals surface area contributed by atoms with Gasteiger partial charge in [-0.2, -0.15) is 0 Å². The van der Waals surface area contributed by atoms with E-state index in [4.69, 9.17) is 0 Å². The summed E-state index contributed by atoms with van der Waals surface area (Å²) < 4.78 is 0. The second kappa shape index (κ2) is 11.6. The van der Waals surface area contributed by atoms with Crippen LogP contribution in [-0.4, -0.2) is 41.9 Å². The van der Waals surface area contributed by atoms with Gasteiger partial charge in [0.05, 0.1) is 5.92 Å². The van der Waals surface area contributed by atoms with Gasteiger partial charge in [-0.05, 0) is 68.9 Å². The fourth-order valence-corrected chi connectivity index (χ4v) is 5.13. The maximum absolute atomic E-state index is 12.8. The Morgan fingerprint density at radius 1 is 0.844 bits per heavy atom. The van der Waals surface area contributed by atoms with Gasteiger partial charge >= 0.3 is 0 Å². The van der Waals surface area contributed by atoms with Crippen molar-refractivity contribution in [2.75, 3.05) is 26.2 Å². The molecule has 0 radical (unpaired) electrons. The molecule has 1 atom stereocenters. The summed E-state index contributed by atoms with van der Waals surface area (Å²) in [5, 5.41) is 3.20. The molecular formula is C28H39N3O. The molecule has 0 bridgehead atoms. The van der Waals surface area contributed by atoms with Crippen molar-refractivity contribution in [3.63, 3.8) is 0 Å². The molecule has 4 heteroatoms. The van der Waals surface area contributed by atoms with Crippen LogP contribution in [0.15, 0.2) is 48.5 Å². The fourth-order valence-electron chi connectivity index (χ4n) is 5.13. The Balaban J connectivity index is 1.23. The topological polar surface area (TPSA) is 35.6 Å². The number of carbonyl (C=O) groups is 1. The van der Waals surface area contributed by atoms with Gasteiger partial charge in [0.2, 0.25) is 5.91 Å². The Bertz CT molecular complexity index is 855. The molecule has 0 saturated carbocycles. The maximum atomic E-state index is 12.8. The Labute approximate surface area is 194 Å². The molecule has 4 nitrogen and oxygen atoms in total. The minimum absolute atomic E-state index is 0.0934. The van der Waals surface area contributed by atoms with Gasteiger partial charge in [0.25, 0.3) is 0 Å². The minimum Gasteiger partial charge on any atom is -0.352 e. The van der Waals surface area contributed by atoms with E-state index in [1.165, 1.54) is 61.0 Å². The first kappa shape index (κ1) is 23.0. The molecule has 2 fully saturated rings. The van der Waals surface area contributed by atoms with Crippen LogP contribution >= 0.6 is 0 Å². The average Bonchev–Trinajstić information content (AvgIpc) is 3.07. The quantitative estimate of drug-likeness (QED) is 0.675. The molecule has 172 valence electrons. The molecule has 0 aliphatic carbocycles. The fraction of sp³-hybridized carbons (Fsp3) is 0.536. The van der Waals surface area contributed by atoms with E-state index in [-0.39, 0.29) is 11.8 Å². The molecule has 1 unspecified atom stereocenters. The van der Waals surface area contributed by atoms with Gasteiger partial charge in [-0.1, -0.05) is 66.9 Å². The lowest BCUT2D eigenvalue weighted by atomic mass is 9.96. The highest BCUT2D eigenvalue weighted by Crippen LogP contribution is 2.20. The Morgan fingerprint density at radius 3 is 2.28 bits per heavy atom. The third kappa shape index (κ3) is 6.91. The van der Waals surface area contributed by atoms with Crippen LogP contribution < -0.4 is 5.32 Å². The first-order valence-corrected chi connectivity index (χ1v) is 12.5. The molecule has 32 heavy (non-hydrogen) atoms. The number of piperidine rings is 1. The first-order chi connectivity index (χ1) is 15.7. The zero-order chi connectivity index (χ0) is 22.2. The molecule has 2 saturated heterocycles. The van der Waals surface area contributed by atoms with Gasteiger partial charge in [0.15, 0.2) is 0 Å². The summed E-state index contributed by atoms with van der Waals surface area (Å²) in [7, 11) is 0. The SMILES string of the molecule is Cc1cccc(CN2CCCC(C(=O)NCc3ccc(CN4CCCCCC4)cc3)C2)c1. The molecule has 1 amide bonds. The van der Waals surface area contributed by atoms with Gasteiger partial charge in [0, 0.05) is 26.2 Å². The Morgan fingerprint density at radius 2 is 1.53 bits per heavy atom. The summed E-state index contributed by atoms with van der Waals surface area (Å²) in [5.74, 6) is 0.295. The highest BCUT2D eigenvalue weighted by molar-refractivity contribution is 5.79. The summed E-state index contributed by atoms with van der Waals surface area (Å²) in [6.07, 6.45) is 7.49. The molecular weight excluding hydrogens is 394 g/mol. The number of aryl methyl sites for hydroxylation is 1. The summed E-state index contributed by atoms with van der Waals surface area (Å²) in [5.41, 5.74) is 5.20. The van der Waals surface area contributed by atoms with Crippen molar-refractivity contribution in [2.24, 2.45) is 5.92 Å². The van der Waals surface area contributed by atoms with Gasteiger partial charge in [0.1, 0.15) is 0 Å². The van der Waals surface area contributed by atoms with Crippen LogP contribution in [-0.2, 0) is 24.4 Å². The van der Waals surface area contributed by atoms with Gasteiger partial charge in [-0.15, -0.1) is 0 Å². The van der Waals surface area contributed by atoms with Crippen LogP contribution in [0.3, 0.4) is 0 Å². The van der Waals surface area contributed by atoms with Crippen molar-refractivity contribution in [1.82, 2.24) is 15.1 Å². The van der Waals surface area contributed by atoms with Crippen LogP contribution in [0, 0.1) is 12.8 Å². The number of likely N-dealkylation sites (tertiary alicyclic amines) is 2. The predicted octanol–water partition coefficient (Wildman–Crippen LogP) is 4.90. The highest BCUT2D eigenvalue weighted by atomic mass is 16.1. The molecule has 2 aliphatic heterocycles. The van der Waals surface area contributed by atoms with Gasteiger partial charge < -0.3 is 5.32 Å². The number of amides is 1. The van der Waals surface area contributed by atoms with E-state index in [0.29, 0.717) is 6.54 Å². The molecule has 2 aromatic rings. The molecule has 2 aliphatic rings. The molecule has 0 spiro atoms. The number of hydrogen-bond acceptors (Lipinski definition) is 3. The number of nitrogens with zero attached hydrogens (tertiary/aromatic N) is 2. The number of benzene rings is 2. The molecule has 2 heterocycles. The third-order valence-electron chi connectivity index (χ3n) is 6.96. The van der Waals surface area contributed by atoms with E-state index < -0.39 is 0 Å². The number of carbonyl (C=O) groups excluding carboxylic acids is 1. The van der Waals surface area contributed by atoms with Crippen molar-refractivity contribution in [3.05, 3.63) is 70.8 Å². The monoisotopic (exact) mass is 433 g/mol.